The lowest BCUT2D eigenvalue weighted by molar-refractivity contribution is 0.0401. The van der Waals surface area contributed by atoms with Crippen molar-refractivity contribution >= 4 is 0 Å². The van der Waals surface area contributed by atoms with E-state index < -0.39 is 5.41 Å². The van der Waals surface area contributed by atoms with Crippen LogP contribution in [-0.2, 0) is 6.54 Å². The first kappa shape index (κ1) is 15.2. The number of hydrogen-bond acceptors (Lipinski definition) is 3. The van der Waals surface area contributed by atoms with Gasteiger partial charge < -0.3 is 15.1 Å². The maximum atomic E-state index is 9.31. The highest BCUT2D eigenvalue weighted by atomic mass is 16.3. The van der Waals surface area contributed by atoms with E-state index in [4.69, 9.17) is 0 Å². The van der Waals surface area contributed by atoms with Gasteiger partial charge in [-0.3, -0.25) is 0 Å². The lowest BCUT2D eigenvalue weighted by Crippen LogP contribution is -2.38. The predicted octanol–water partition coefficient (Wildman–Crippen LogP) is 1.73. The fraction of sp³-hybridized carbons (Fsp3) is 0.600. The van der Waals surface area contributed by atoms with Crippen LogP contribution in [0.25, 0.3) is 0 Å². The standard InChI is InChI=1S/C15H25NO2/c1-12-6-5-7-14(13(12)2)8-16(4)9-15(3,10-17)11-18/h5-7,17-18H,8-11H2,1-4H3. The molecule has 102 valence electrons. The molecule has 0 saturated carbocycles. The van der Waals surface area contributed by atoms with Crippen molar-refractivity contribution in [1.82, 2.24) is 4.90 Å². The second-order valence-electron chi connectivity index (χ2n) is 5.66. The molecule has 0 aliphatic carbocycles. The second-order valence-corrected chi connectivity index (χ2v) is 5.66. The van der Waals surface area contributed by atoms with Crippen molar-refractivity contribution in [3.63, 3.8) is 0 Å². The van der Waals surface area contributed by atoms with Crippen LogP contribution in [-0.4, -0.2) is 41.9 Å². The van der Waals surface area contributed by atoms with E-state index in [9.17, 15) is 10.2 Å². The minimum Gasteiger partial charge on any atom is -0.396 e. The summed E-state index contributed by atoms with van der Waals surface area (Å²) in [5.41, 5.74) is 3.48. The van der Waals surface area contributed by atoms with Gasteiger partial charge in [-0.05, 0) is 37.6 Å². The molecule has 0 aliphatic rings. The Morgan fingerprint density at radius 3 is 2.33 bits per heavy atom. The molecule has 3 heteroatoms. The third kappa shape index (κ3) is 3.80. The number of aliphatic hydroxyl groups is 2. The molecular weight excluding hydrogens is 226 g/mol. The molecular formula is C15H25NO2. The number of benzene rings is 1. The fourth-order valence-electron chi connectivity index (χ4n) is 2.13. The normalized spacial score (nSPS) is 12.2. The van der Waals surface area contributed by atoms with Crippen LogP contribution >= 0.6 is 0 Å². The van der Waals surface area contributed by atoms with Gasteiger partial charge in [0.25, 0.3) is 0 Å². The van der Waals surface area contributed by atoms with E-state index in [1.165, 1.54) is 16.7 Å². The molecule has 0 saturated heterocycles. The van der Waals surface area contributed by atoms with E-state index >= 15 is 0 Å². The van der Waals surface area contributed by atoms with E-state index in [1.54, 1.807) is 0 Å². The van der Waals surface area contributed by atoms with Crippen LogP contribution in [0.4, 0.5) is 0 Å². The zero-order chi connectivity index (χ0) is 13.8. The van der Waals surface area contributed by atoms with Crippen molar-refractivity contribution in [3.05, 3.63) is 34.9 Å². The zero-order valence-electron chi connectivity index (χ0n) is 11.9. The van der Waals surface area contributed by atoms with Gasteiger partial charge in [-0.25, -0.2) is 0 Å². The Labute approximate surface area is 110 Å². The summed E-state index contributed by atoms with van der Waals surface area (Å²) in [5.74, 6) is 0. The SMILES string of the molecule is Cc1cccc(CN(C)CC(C)(CO)CO)c1C. The van der Waals surface area contributed by atoms with Gasteiger partial charge in [0, 0.05) is 18.5 Å². The highest BCUT2D eigenvalue weighted by molar-refractivity contribution is 5.32. The Hall–Kier alpha value is -0.900. The molecule has 1 aromatic rings. The maximum absolute atomic E-state index is 9.31. The number of aliphatic hydroxyl groups excluding tert-OH is 2. The first-order valence-corrected chi connectivity index (χ1v) is 6.37. The van der Waals surface area contributed by atoms with E-state index in [0.717, 1.165) is 6.54 Å². The highest BCUT2D eigenvalue weighted by Crippen LogP contribution is 2.19. The van der Waals surface area contributed by atoms with Crippen molar-refractivity contribution in [1.29, 1.82) is 0 Å². The van der Waals surface area contributed by atoms with Gasteiger partial charge in [0.1, 0.15) is 0 Å². The lowest BCUT2D eigenvalue weighted by atomic mass is 9.92. The second kappa shape index (κ2) is 6.32. The summed E-state index contributed by atoms with van der Waals surface area (Å²) in [6.45, 7) is 7.66. The van der Waals surface area contributed by atoms with Gasteiger partial charge >= 0.3 is 0 Å². The van der Waals surface area contributed by atoms with E-state index in [0.29, 0.717) is 6.54 Å². The molecule has 0 radical (unpaired) electrons. The Kier molecular flexibility index (Phi) is 5.32. The summed E-state index contributed by atoms with van der Waals surface area (Å²) in [6.07, 6.45) is 0. The maximum Gasteiger partial charge on any atom is 0.0519 e. The first-order valence-electron chi connectivity index (χ1n) is 6.37. The molecule has 3 nitrogen and oxygen atoms in total. The Bertz CT molecular complexity index is 386. The van der Waals surface area contributed by atoms with Crippen molar-refractivity contribution in [2.45, 2.75) is 27.3 Å². The van der Waals surface area contributed by atoms with Gasteiger partial charge in [-0.2, -0.15) is 0 Å². The van der Waals surface area contributed by atoms with E-state index in [-0.39, 0.29) is 13.2 Å². The van der Waals surface area contributed by atoms with Crippen LogP contribution in [0.5, 0.6) is 0 Å². The van der Waals surface area contributed by atoms with Crippen LogP contribution in [0.2, 0.25) is 0 Å². The summed E-state index contributed by atoms with van der Waals surface area (Å²) in [5, 5.41) is 18.6. The van der Waals surface area contributed by atoms with Crippen molar-refractivity contribution < 1.29 is 10.2 Å². The smallest absolute Gasteiger partial charge is 0.0519 e. The van der Waals surface area contributed by atoms with Gasteiger partial charge in [0.15, 0.2) is 0 Å². The van der Waals surface area contributed by atoms with Gasteiger partial charge in [-0.15, -0.1) is 0 Å². The Morgan fingerprint density at radius 1 is 1.17 bits per heavy atom. The summed E-state index contributed by atoms with van der Waals surface area (Å²) in [6, 6.07) is 6.32. The predicted molar refractivity (Wildman–Crippen MR) is 74.5 cm³/mol. The molecule has 18 heavy (non-hydrogen) atoms. The topological polar surface area (TPSA) is 43.7 Å². The summed E-state index contributed by atoms with van der Waals surface area (Å²) >= 11 is 0. The Balaban J connectivity index is 2.70. The quantitative estimate of drug-likeness (QED) is 0.809. The zero-order valence-corrected chi connectivity index (χ0v) is 11.9. The molecule has 0 amide bonds. The van der Waals surface area contributed by atoms with Gasteiger partial charge in [0.2, 0.25) is 0 Å². The van der Waals surface area contributed by atoms with E-state index in [2.05, 4.69) is 36.9 Å². The Morgan fingerprint density at radius 2 is 1.78 bits per heavy atom. The van der Waals surface area contributed by atoms with E-state index in [1.807, 2.05) is 14.0 Å². The van der Waals surface area contributed by atoms with Crippen molar-refractivity contribution in [3.8, 4) is 0 Å². The highest BCUT2D eigenvalue weighted by Gasteiger charge is 2.24. The van der Waals surface area contributed by atoms with Crippen molar-refractivity contribution in [2.75, 3.05) is 26.8 Å². The van der Waals surface area contributed by atoms with Crippen LogP contribution in [0.15, 0.2) is 18.2 Å². The monoisotopic (exact) mass is 251 g/mol. The van der Waals surface area contributed by atoms with Gasteiger partial charge in [0.05, 0.1) is 13.2 Å². The molecule has 1 aromatic carbocycles. The first-order chi connectivity index (χ1) is 8.41. The molecule has 0 heterocycles. The molecule has 0 spiro atoms. The molecule has 0 unspecified atom stereocenters. The molecule has 1 rings (SSSR count). The molecule has 0 aromatic heterocycles. The average molecular weight is 251 g/mol. The number of rotatable bonds is 6. The third-order valence-corrected chi connectivity index (χ3v) is 3.57. The fourth-order valence-corrected chi connectivity index (χ4v) is 2.13. The molecule has 0 bridgehead atoms. The largest absolute Gasteiger partial charge is 0.396 e. The van der Waals surface area contributed by atoms with Crippen LogP contribution in [0, 0.1) is 19.3 Å². The van der Waals surface area contributed by atoms with Gasteiger partial charge in [-0.1, -0.05) is 25.1 Å². The number of aryl methyl sites for hydroxylation is 1. The lowest BCUT2D eigenvalue weighted by Gasteiger charge is -2.30. The summed E-state index contributed by atoms with van der Waals surface area (Å²) < 4.78 is 0. The van der Waals surface area contributed by atoms with Crippen molar-refractivity contribution in [2.24, 2.45) is 5.41 Å². The molecule has 0 fully saturated rings. The summed E-state index contributed by atoms with van der Waals surface area (Å²) in [4.78, 5) is 2.15. The summed E-state index contributed by atoms with van der Waals surface area (Å²) in [7, 11) is 2.02. The van der Waals surface area contributed by atoms with Crippen LogP contribution in [0.3, 0.4) is 0 Å². The minimum absolute atomic E-state index is 0.000635. The molecule has 0 aliphatic heterocycles. The molecule has 2 N–H and O–H groups in total. The minimum atomic E-state index is -0.438. The third-order valence-electron chi connectivity index (χ3n) is 3.57. The molecule has 0 atom stereocenters. The number of nitrogens with zero attached hydrogens (tertiary/aromatic N) is 1. The number of hydrogen-bond donors (Lipinski definition) is 2. The van der Waals surface area contributed by atoms with Crippen LogP contribution < -0.4 is 0 Å². The van der Waals surface area contributed by atoms with Crippen LogP contribution in [0.1, 0.15) is 23.6 Å². The average Bonchev–Trinajstić information content (AvgIpc) is 2.34.